The van der Waals surface area contributed by atoms with Gasteiger partial charge in [-0.25, -0.2) is 9.48 Å². The minimum atomic E-state index is -1.14. The first-order chi connectivity index (χ1) is 10.5. The number of nitrogens with one attached hydrogen (secondary N) is 1. The smallest absolute Gasteiger partial charge is 0.358 e. The lowest BCUT2D eigenvalue weighted by Gasteiger charge is -2.07. The predicted molar refractivity (Wildman–Crippen MR) is 79.6 cm³/mol. The molecule has 2 rings (SSSR count). The zero-order chi connectivity index (χ0) is 16.1. The van der Waals surface area contributed by atoms with Crippen molar-refractivity contribution < 1.29 is 14.7 Å². The first kappa shape index (κ1) is 15.7. The van der Waals surface area contributed by atoms with E-state index in [1.807, 2.05) is 31.2 Å². The molecule has 1 heterocycles. The van der Waals surface area contributed by atoms with Crippen LogP contribution in [0, 0.1) is 6.92 Å². The number of aromatic carboxylic acids is 1. The van der Waals surface area contributed by atoms with Crippen LogP contribution < -0.4 is 5.32 Å². The lowest BCUT2D eigenvalue weighted by Crippen LogP contribution is -2.25. The van der Waals surface area contributed by atoms with Crippen molar-refractivity contribution in [2.75, 3.05) is 7.05 Å². The first-order valence-corrected chi connectivity index (χ1v) is 6.93. The van der Waals surface area contributed by atoms with Crippen LogP contribution in [0.3, 0.4) is 0 Å². The maximum atomic E-state index is 11.5. The molecule has 0 spiro atoms. The number of hydrogen-bond donors (Lipinski definition) is 2. The molecule has 7 nitrogen and oxygen atoms in total. The molecule has 22 heavy (non-hydrogen) atoms. The number of carbonyl (C=O) groups excluding carboxylic acids is 1. The van der Waals surface area contributed by atoms with Crippen molar-refractivity contribution in [1.29, 1.82) is 0 Å². The van der Waals surface area contributed by atoms with Crippen molar-refractivity contribution in [2.45, 2.75) is 26.3 Å². The predicted octanol–water partition coefficient (Wildman–Crippen LogP) is 0.816. The van der Waals surface area contributed by atoms with Gasteiger partial charge in [-0.05, 0) is 25.3 Å². The Bertz CT molecular complexity index is 677. The Hall–Kier alpha value is -2.70. The summed E-state index contributed by atoms with van der Waals surface area (Å²) in [6.07, 6.45) is 1.11. The van der Waals surface area contributed by atoms with Crippen LogP contribution in [0.2, 0.25) is 0 Å². The molecular weight excluding hydrogens is 284 g/mol. The molecule has 1 aromatic carbocycles. The Morgan fingerprint density at radius 1 is 1.23 bits per heavy atom. The summed E-state index contributed by atoms with van der Waals surface area (Å²) in [4.78, 5) is 22.7. The number of amides is 1. The fourth-order valence-electron chi connectivity index (χ4n) is 2.11. The van der Waals surface area contributed by atoms with Gasteiger partial charge in [-0.2, -0.15) is 0 Å². The number of aromatic nitrogens is 3. The molecule has 7 heteroatoms. The van der Waals surface area contributed by atoms with Gasteiger partial charge in [-0.1, -0.05) is 35.0 Å². The van der Waals surface area contributed by atoms with Crippen molar-refractivity contribution in [2.24, 2.45) is 0 Å². The van der Waals surface area contributed by atoms with Gasteiger partial charge in [0, 0.05) is 7.05 Å². The third-order valence-corrected chi connectivity index (χ3v) is 3.38. The summed E-state index contributed by atoms with van der Waals surface area (Å²) < 4.78 is 1.34. The molecule has 0 aliphatic carbocycles. The van der Waals surface area contributed by atoms with Crippen molar-refractivity contribution in [3.8, 4) is 0 Å². The second-order valence-corrected chi connectivity index (χ2v) is 5.01. The van der Waals surface area contributed by atoms with E-state index in [0.717, 1.165) is 5.56 Å². The highest BCUT2D eigenvalue weighted by Gasteiger charge is 2.19. The molecule has 2 aromatic rings. The summed E-state index contributed by atoms with van der Waals surface area (Å²) in [6.45, 7) is 1.97. The minimum Gasteiger partial charge on any atom is -0.476 e. The van der Waals surface area contributed by atoms with E-state index >= 15 is 0 Å². The zero-order valence-electron chi connectivity index (χ0n) is 12.5. The standard InChI is InChI=1S/C15H18N4O3/c1-10-3-5-11(6-4-10)7-8-12-14(15(21)22)17-18-19(12)9-13(20)16-2/h3-6H,7-9H2,1-2H3,(H,16,20)(H,21,22). The van der Waals surface area contributed by atoms with Crippen LogP contribution in [0.1, 0.15) is 27.3 Å². The monoisotopic (exact) mass is 302 g/mol. The maximum absolute atomic E-state index is 11.5. The number of carboxylic acid groups (broad SMARTS) is 1. The fourth-order valence-corrected chi connectivity index (χ4v) is 2.11. The topological polar surface area (TPSA) is 97.1 Å². The van der Waals surface area contributed by atoms with Gasteiger partial charge in [0.2, 0.25) is 5.91 Å². The highest BCUT2D eigenvalue weighted by Crippen LogP contribution is 2.12. The normalized spacial score (nSPS) is 10.5. The number of benzene rings is 1. The van der Waals surface area contributed by atoms with Crippen molar-refractivity contribution in [3.05, 3.63) is 46.8 Å². The molecule has 1 aromatic heterocycles. The zero-order valence-corrected chi connectivity index (χ0v) is 12.5. The number of carbonyl (C=O) groups is 2. The third-order valence-electron chi connectivity index (χ3n) is 3.38. The second kappa shape index (κ2) is 6.84. The number of hydrogen-bond acceptors (Lipinski definition) is 4. The molecule has 0 aliphatic heterocycles. The molecule has 0 atom stereocenters. The van der Waals surface area contributed by atoms with E-state index < -0.39 is 5.97 Å². The fraction of sp³-hybridized carbons (Fsp3) is 0.333. The summed E-state index contributed by atoms with van der Waals surface area (Å²) in [7, 11) is 1.52. The number of aryl methyl sites for hydroxylation is 2. The quantitative estimate of drug-likeness (QED) is 0.823. The first-order valence-electron chi connectivity index (χ1n) is 6.93. The molecule has 1 amide bonds. The highest BCUT2D eigenvalue weighted by molar-refractivity contribution is 5.86. The van der Waals surface area contributed by atoms with Crippen LogP contribution in [-0.4, -0.2) is 39.0 Å². The van der Waals surface area contributed by atoms with Crippen molar-refractivity contribution in [1.82, 2.24) is 20.3 Å². The van der Waals surface area contributed by atoms with Crippen LogP contribution >= 0.6 is 0 Å². The van der Waals surface area contributed by atoms with Gasteiger partial charge in [-0.3, -0.25) is 4.79 Å². The lowest BCUT2D eigenvalue weighted by molar-refractivity contribution is -0.121. The average Bonchev–Trinajstić information content (AvgIpc) is 2.89. The van der Waals surface area contributed by atoms with Crippen LogP contribution in [-0.2, 0) is 24.2 Å². The third kappa shape index (κ3) is 3.69. The van der Waals surface area contributed by atoms with Crippen molar-refractivity contribution >= 4 is 11.9 Å². The van der Waals surface area contributed by atoms with Gasteiger partial charge in [0.1, 0.15) is 6.54 Å². The van der Waals surface area contributed by atoms with E-state index in [2.05, 4.69) is 15.6 Å². The van der Waals surface area contributed by atoms with Gasteiger partial charge in [-0.15, -0.1) is 5.10 Å². The Labute approximate surface area is 128 Å². The van der Waals surface area contributed by atoms with Crippen LogP contribution in [0.25, 0.3) is 0 Å². The summed E-state index contributed by atoms with van der Waals surface area (Å²) in [6, 6.07) is 8.02. The summed E-state index contributed by atoms with van der Waals surface area (Å²) in [5.41, 5.74) is 2.61. The van der Waals surface area contributed by atoms with Crippen molar-refractivity contribution in [3.63, 3.8) is 0 Å². The van der Waals surface area contributed by atoms with Crippen LogP contribution in [0.4, 0.5) is 0 Å². The van der Waals surface area contributed by atoms with Gasteiger partial charge in [0.05, 0.1) is 5.69 Å². The summed E-state index contributed by atoms with van der Waals surface area (Å²) in [5, 5.41) is 19.1. The number of rotatable bonds is 6. The van der Waals surface area contributed by atoms with E-state index in [9.17, 15) is 14.7 Å². The molecule has 0 radical (unpaired) electrons. The molecule has 0 bridgehead atoms. The Morgan fingerprint density at radius 2 is 1.91 bits per heavy atom. The number of carboxylic acids is 1. The summed E-state index contributed by atoms with van der Waals surface area (Å²) in [5.74, 6) is -1.39. The van der Waals surface area contributed by atoms with E-state index in [-0.39, 0.29) is 18.1 Å². The number of nitrogens with zero attached hydrogens (tertiary/aromatic N) is 3. The molecule has 0 unspecified atom stereocenters. The molecule has 0 aliphatic rings. The average molecular weight is 302 g/mol. The van der Waals surface area contributed by atoms with Crippen LogP contribution in [0.15, 0.2) is 24.3 Å². The molecule has 0 saturated carbocycles. The largest absolute Gasteiger partial charge is 0.476 e. The Balaban J connectivity index is 2.19. The van der Waals surface area contributed by atoms with Gasteiger partial charge >= 0.3 is 5.97 Å². The van der Waals surface area contributed by atoms with Crippen LogP contribution in [0.5, 0.6) is 0 Å². The molecule has 116 valence electrons. The number of likely N-dealkylation sites (N-methyl/N-ethyl adjacent to an activating group) is 1. The van der Waals surface area contributed by atoms with E-state index in [0.29, 0.717) is 18.5 Å². The minimum absolute atomic E-state index is 0.0417. The Kier molecular flexibility index (Phi) is 4.88. The highest BCUT2D eigenvalue weighted by atomic mass is 16.4. The Morgan fingerprint density at radius 3 is 2.50 bits per heavy atom. The van der Waals surface area contributed by atoms with Gasteiger partial charge in [0.15, 0.2) is 5.69 Å². The SMILES string of the molecule is CNC(=O)Cn1nnc(C(=O)O)c1CCc1ccc(C)cc1. The molecule has 0 saturated heterocycles. The lowest BCUT2D eigenvalue weighted by atomic mass is 10.1. The summed E-state index contributed by atoms with van der Waals surface area (Å²) >= 11 is 0. The second-order valence-electron chi connectivity index (χ2n) is 5.01. The van der Waals surface area contributed by atoms with E-state index in [4.69, 9.17) is 0 Å². The molecular formula is C15H18N4O3. The van der Waals surface area contributed by atoms with E-state index in [1.54, 1.807) is 0 Å². The van der Waals surface area contributed by atoms with Gasteiger partial charge < -0.3 is 10.4 Å². The van der Waals surface area contributed by atoms with Gasteiger partial charge in [0.25, 0.3) is 0 Å². The maximum Gasteiger partial charge on any atom is 0.358 e. The molecule has 0 fully saturated rings. The van der Waals surface area contributed by atoms with E-state index in [1.165, 1.54) is 17.3 Å². The molecule has 2 N–H and O–H groups in total.